The normalized spacial score (nSPS) is 28.0. The fraction of sp³-hybridized carbons (Fsp3) is 0.294. The Hall–Kier alpha value is -2.00. The van der Waals surface area contributed by atoms with Gasteiger partial charge in [-0.3, -0.25) is 9.78 Å². The number of benzene rings is 1. The van der Waals surface area contributed by atoms with Crippen LogP contribution in [0.25, 0.3) is 0 Å². The summed E-state index contributed by atoms with van der Waals surface area (Å²) in [7, 11) is 0. The fourth-order valence-corrected chi connectivity index (χ4v) is 3.21. The van der Waals surface area contributed by atoms with Crippen LogP contribution in [0.1, 0.15) is 40.6 Å². The van der Waals surface area contributed by atoms with Crippen molar-refractivity contribution in [3.8, 4) is 0 Å². The SMILES string of the molecule is O=C1c2ccccc2CCC[C@]12O[C@H]2c1ccccn1. The molecule has 0 bridgehead atoms. The van der Waals surface area contributed by atoms with Gasteiger partial charge < -0.3 is 4.74 Å². The van der Waals surface area contributed by atoms with Crippen LogP contribution >= 0.6 is 0 Å². The van der Waals surface area contributed by atoms with Gasteiger partial charge in [0.1, 0.15) is 6.10 Å². The van der Waals surface area contributed by atoms with Gasteiger partial charge in [-0.15, -0.1) is 0 Å². The molecule has 1 aliphatic heterocycles. The molecule has 3 heteroatoms. The topological polar surface area (TPSA) is 42.5 Å². The minimum Gasteiger partial charge on any atom is -0.351 e. The van der Waals surface area contributed by atoms with Gasteiger partial charge in [-0.1, -0.05) is 30.3 Å². The Kier molecular flexibility index (Phi) is 2.51. The second-order valence-electron chi connectivity index (χ2n) is 5.48. The van der Waals surface area contributed by atoms with E-state index in [1.54, 1.807) is 6.20 Å². The van der Waals surface area contributed by atoms with Crippen molar-refractivity contribution in [1.29, 1.82) is 0 Å². The average molecular weight is 265 g/mol. The van der Waals surface area contributed by atoms with Gasteiger partial charge in [-0.2, -0.15) is 0 Å². The monoisotopic (exact) mass is 265 g/mol. The van der Waals surface area contributed by atoms with Gasteiger partial charge in [0.15, 0.2) is 11.4 Å². The molecular formula is C17H15NO2. The van der Waals surface area contributed by atoms with Gasteiger partial charge in [0.25, 0.3) is 0 Å². The minimum absolute atomic E-state index is 0.126. The molecule has 1 aromatic carbocycles. The van der Waals surface area contributed by atoms with Crippen molar-refractivity contribution < 1.29 is 9.53 Å². The molecule has 1 aliphatic carbocycles. The average Bonchev–Trinajstić information content (AvgIpc) is 3.25. The van der Waals surface area contributed by atoms with Crippen molar-refractivity contribution in [1.82, 2.24) is 4.98 Å². The van der Waals surface area contributed by atoms with Crippen LogP contribution in [0.15, 0.2) is 48.7 Å². The Morgan fingerprint density at radius 2 is 2.00 bits per heavy atom. The third kappa shape index (κ3) is 1.63. The molecule has 2 aromatic rings. The van der Waals surface area contributed by atoms with E-state index in [4.69, 9.17) is 4.74 Å². The van der Waals surface area contributed by atoms with Gasteiger partial charge in [-0.05, 0) is 37.0 Å². The highest BCUT2D eigenvalue weighted by Crippen LogP contribution is 2.55. The van der Waals surface area contributed by atoms with Gasteiger partial charge in [0.2, 0.25) is 0 Å². The summed E-state index contributed by atoms with van der Waals surface area (Å²) in [5.41, 5.74) is 2.16. The van der Waals surface area contributed by atoms with Crippen molar-refractivity contribution in [2.24, 2.45) is 0 Å². The lowest BCUT2D eigenvalue weighted by Gasteiger charge is -2.09. The number of nitrogens with zero attached hydrogens (tertiary/aromatic N) is 1. The summed E-state index contributed by atoms with van der Waals surface area (Å²) in [6.45, 7) is 0. The van der Waals surface area contributed by atoms with E-state index in [1.165, 1.54) is 0 Å². The highest BCUT2D eigenvalue weighted by atomic mass is 16.6. The lowest BCUT2D eigenvalue weighted by molar-refractivity contribution is 0.0867. The van der Waals surface area contributed by atoms with E-state index in [0.29, 0.717) is 0 Å². The lowest BCUT2D eigenvalue weighted by Crippen LogP contribution is -2.25. The Labute approximate surface area is 117 Å². The van der Waals surface area contributed by atoms with E-state index in [0.717, 1.165) is 36.1 Å². The summed E-state index contributed by atoms with van der Waals surface area (Å²) in [4.78, 5) is 17.2. The molecule has 4 rings (SSSR count). The van der Waals surface area contributed by atoms with Gasteiger partial charge >= 0.3 is 0 Å². The molecule has 0 unspecified atom stereocenters. The Balaban J connectivity index is 1.73. The first kappa shape index (κ1) is 11.8. The quantitative estimate of drug-likeness (QED) is 0.744. The summed E-state index contributed by atoms with van der Waals surface area (Å²) in [5.74, 6) is 0.126. The Bertz CT molecular complexity index is 668. The van der Waals surface area contributed by atoms with E-state index in [-0.39, 0.29) is 11.9 Å². The number of epoxide rings is 1. The van der Waals surface area contributed by atoms with Crippen molar-refractivity contribution in [3.05, 3.63) is 65.5 Å². The van der Waals surface area contributed by atoms with Crippen molar-refractivity contribution >= 4 is 5.78 Å². The summed E-state index contributed by atoms with van der Waals surface area (Å²) in [6.07, 6.45) is 4.28. The van der Waals surface area contributed by atoms with E-state index in [2.05, 4.69) is 4.98 Å². The predicted molar refractivity (Wildman–Crippen MR) is 74.5 cm³/mol. The molecule has 0 saturated carbocycles. The molecule has 2 aliphatic rings. The van der Waals surface area contributed by atoms with Gasteiger partial charge in [-0.25, -0.2) is 0 Å². The van der Waals surface area contributed by atoms with Crippen LogP contribution in [0.2, 0.25) is 0 Å². The number of fused-ring (bicyclic) bond motifs is 1. The molecule has 3 nitrogen and oxygen atoms in total. The molecule has 0 radical (unpaired) electrons. The number of carbonyl (C=O) groups is 1. The third-order valence-electron chi connectivity index (χ3n) is 4.29. The first-order chi connectivity index (χ1) is 9.81. The van der Waals surface area contributed by atoms with Crippen molar-refractivity contribution in [3.63, 3.8) is 0 Å². The molecule has 0 amide bonds. The van der Waals surface area contributed by atoms with Crippen molar-refractivity contribution in [2.45, 2.75) is 31.0 Å². The summed E-state index contributed by atoms with van der Waals surface area (Å²) in [5, 5.41) is 0. The Morgan fingerprint density at radius 3 is 2.85 bits per heavy atom. The third-order valence-corrected chi connectivity index (χ3v) is 4.29. The predicted octanol–water partition coefficient (Wildman–Crippen LogP) is 3.11. The Morgan fingerprint density at radius 1 is 1.15 bits per heavy atom. The zero-order valence-electron chi connectivity index (χ0n) is 11.1. The van der Waals surface area contributed by atoms with Crippen LogP contribution in [-0.2, 0) is 11.2 Å². The number of carbonyl (C=O) groups excluding carboxylic acids is 1. The molecule has 100 valence electrons. The molecule has 2 atom stereocenters. The molecule has 1 saturated heterocycles. The maximum Gasteiger partial charge on any atom is 0.198 e. The van der Waals surface area contributed by atoms with E-state index < -0.39 is 5.60 Å². The maximum atomic E-state index is 12.9. The molecule has 1 fully saturated rings. The lowest BCUT2D eigenvalue weighted by atomic mass is 9.90. The van der Waals surface area contributed by atoms with Crippen LogP contribution < -0.4 is 0 Å². The number of hydrogen-bond acceptors (Lipinski definition) is 3. The second kappa shape index (κ2) is 4.25. The van der Waals surface area contributed by atoms with Crippen LogP contribution in [0.4, 0.5) is 0 Å². The molecule has 2 heterocycles. The molecule has 0 N–H and O–H groups in total. The smallest absolute Gasteiger partial charge is 0.198 e. The van der Waals surface area contributed by atoms with Crippen LogP contribution in [-0.4, -0.2) is 16.4 Å². The van der Waals surface area contributed by atoms with E-state index in [9.17, 15) is 4.79 Å². The highest BCUT2D eigenvalue weighted by Gasteiger charge is 2.63. The number of aromatic nitrogens is 1. The number of ether oxygens (including phenoxy) is 1. The standard InChI is InChI=1S/C17H15NO2/c19-15-13-8-2-1-6-12(13)7-5-10-17(15)16(20-17)14-9-3-4-11-18-14/h1-4,6,8-9,11,16H,5,7,10H2/t16-,17-/m0/s1. The van der Waals surface area contributed by atoms with Gasteiger partial charge in [0.05, 0.1) is 5.69 Å². The molecule has 20 heavy (non-hydrogen) atoms. The first-order valence-electron chi connectivity index (χ1n) is 7.03. The van der Waals surface area contributed by atoms with Gasteiger partial charge in [0, 0.05) is 11.8 Å². The number of rotatable bonds is 1. The second-order valence-corrected chi connectivity index (χ2v) is 5.48. The minimum atomic E-state index is -0.666. The number of pyridine rings is 1. The summed E-state index contributed by atoms with van der Waals surface area (Å²) in [6, 6.07) is 13.6. The van der Waals surface area contributed by atoms with E-state index >= 15 is 0 Å². The number of hydrogen-bond donors (Lipinski definition) is 0. The van der Waals surface area contributed by atoms with Crippen LogP contribution in [0.5, 0.6) is 0 Å². The first-order valence-corrected chi connectivity index (χ1v) is 7.03. The number of Topliss-reactive ketones (excluding diaryl/α,β-unsaturated/α-hetero) is 1. The largest absolute Gasteiger partial charge is 0.351 e. The summed E-state index contributed by atoms with van der Waals surface area (Å²) < 4.78 is 5.87. The zero-order chi connectivity index (χ0) is 13.6. The molecule has 1 spiro atoms. The van der Waals surface area contributed by atoms with Crippen LogP contribution in [0, 0.1) is 0 Å². The van der Waals surface area contributed by atoms with Crippen molar-refractivity contribution in [2.75, 3.05) is 0 Å². The number of aryl methyl sites for hydroxylation is 1. The fourth-order valence-electron chi connectivity index (χ4n) is 3.21. The zero-order valence-corrected chi connectivity index (χ0v) is 11.1. The summed E-state index contributed by atoms with van der Waals surface area (Å²) >= 11 is 0. The van der Waals surface area contributed by atoms with Crippen LogP contribution in [0.3, 0.4) is 0 Å². The van der Waals surface area contributed by atoms with E-state index in [1.807, 2.05) is 42.5 Å². The number of ketones is 1. The molecular weight excluding hydrogens is 250 g/mol. The maximum absolute atomic E-state index is 12.9. The molecule has 1 aromatic heterocycles. The highest BCUT2D eigenvalue weighted by molar-refractivity contribution is 6.06.